The summed E-state index contributed by atoms with van der Waals surface area (Å²) in [4.78, 5) is 6.55. The van der Waals surface area contributed by atoms with Gasteiger partial charge < -0.3 is 15.2 Å². The van der Waals surface area contributed by atoms with E-state index in [9.17, 15) is 4.39 Å². The largest absolute Gasteiger partial charge is 0.362 e. The average molecular weight is 260 g/mol. The lowest BCUT2D eigenvalue weighted by molar-refractivity contribution is 0.556. The first kappa shape index (κ1) is 12.2. The van der Waals surface area contributed by atoms with Crippen LogP contribution in [0.5, 0.6) is 0 Å². The quantitative estimate of drug-likeness (QED) is 0.899. The van der Waals surface area contributed by atoms with Crippen LogP contribution in [0.2, 0.25) is 0 Å². The SMILES string of the molecule is C[C@H](N)c1cc(F)ccc1N1CCn2ccnc2C1. The van der Waals surface area contributed by atoms with Gasteiger partial charge in [0, 0.05) is 37.2 Å². The normalized spacial score (nSPS) is 16.3. The molecule has 19 heavy (non-hydrogen) atoms. The molecular weight excluding hydrogens is 243 g/mol. The molecule has 0 amide bonds. The number of hydrogen-bond donors (Lipinski definition) is 1. The molecule has 2 N–H and O–H groups in total. The van der Waals surface area contributed by atoms with E-state index in [-0.39, 0.29) is 11.9 Å². The summed E-state index contributed by atoms with van der Waals surface area (Å²) in [6.45, 7) is 4.39. The van der Waals surface area contributed by atoms with Gasteiger partial charge in [-0.25, -0.2) is 9.37 Å². The molecule has 5 heteroatoms. The van der Waals surface area contributed by atoms with Crippen molar-refractivity contribution in [3.63, 3.8) is 0 Å². The van der Waals surface area contributed by atoms with E-state index >= 15 is 0 Å². The number of rotatable bonds is 2. The minimum Gasteiger partial charge on any atom is -0.362 e. The van der Waals surface area contributed by atoms with Crippen molar-refractivity contribution < 1.29 is 4.39 Å². The smallest absolute Gasteiger partial charge is 0.128 e. The van der Waals surface area contributed by atoms with Crippen molar-refractivity contribution in [3.8, 4) is 0 Å². The van der Waals surface area contributed by atoms with Crippen LogP contribution in [0, 0.1) is 5.82 Å². The third-order valence-corrected chi connectivity index (χ3v) is 3.57. The van der Waals surface area contributed by atoms with Crippen LogP contribution in [0.15, 0.2) is 30.6 Å². The zero-order valence-corrected chi connectivity index (χ0v) is 10.9. The first-order valence-electron chi connectivity index (χ1n) is 6.45. The highest BCUT2D eigenvalue weighted by Gasteiger charge is 2.20. The summed E-state index contributed by atoms with van der Waals surface area (Å²) >= 11 is 0. The van der Waals surface area contributed by atoms with Gasteiger partial charge in [0.1, 0.15) is 11.6 Å². The fraction of sp³-hybridized carbons (Fsp3) is 0.357. The second-order valence-electron chi connectivity index (χ2n) is 4.95. The Morgan fingerprint density at radius 3 is 3.00 bits per heavy atom. The number of nitrogens with zero attached hydrogens (tertiary/aromatic N) is 3. The number of halogens is 1. The lowest BCUT2D eigenvalue weighted by Gasteiger charge is -2.32. The standard InChI is InChI=1S/C14H17FN4/c1-10(16)12-8-11(15)2-3-13(12)19-7-6-18-5-4-17-14(18)9-19/h2-5,8,10H,6-7,9,16H2,1H3/t10-/m0/s1. The maximum absolute atomic E-state index is 13.4. The van der Waals surface area contributed by atoms with E-state index in [0.717, 1.165) is 36.7 Å². The van der Waals surface area contributed by atoms with Crippen LogP contribution in [0.25, 0.3) is 0 Å². The molecule has 4 nitrogen and oxygen atoms in total. The van der Waals surface area contributed by atoms with Crippen LogP contribution in [-0.4, -0.2) is 16.1 Å². The Bertz CT molecular complexity index is 591. The molecule has 1 aliphatic heterocycles. The molecule has 2 aromatic rings. The topological polar surface area (TPSA) is 47.1 Å². The van der Waals surface area contributed by atoms with Gasteiger partial charge in [0.25, 0.3) is 0 Å². The summed E-state index contributed by atoms with van der Waals surface area (Å²) in [5, 5.41) is 0. The molecule has 1 aliphatic rings. The molecule has 1 aromatic carbocycles. The summed E-state index contributed by atoms with van der Waals surface area (Å²) in [6.07, 6.45) is 3.81. The van der Waals surface area contributed by atoms with Crippen molar-refractivity contribution in [2.75, 3.05) is 11.4 Å². The maximum atomic E-state index is 13.4. The van der Waals surface area contributed by atoms with E-state index in [2.05, 4.69) is 14.5 Å². The van der Waals surface area contributed by atoms with Crippen molar-refractivity contribution >= 4 is 5.69 Å². The lowest BCUT2D eigenvalue weighted by Crippen LogP contribution is -2.34. The molecule has 0 fully saturated rings. The van der Waals surface area contributed by atoms with Crippen molar-refractivity contribution in [2.45, 2.75) is 26.1 Å². The van der Waals surface area contributed by atoms with E-state index in [1.165, 1.54) is 12.1 Å². The Hall–Kier alpha value is -1.88. The predicted octanol–water partition coefficient (Wildman–Crippen LogP) is 2.06. The molecule has 3 rings (SSSR count). The van der Waals surface area contributed by atoms with Crippen molar-refractivity contribution in [2.24, 2.45) is 5.73 Å². The summed E-state index contributed by atoms with van der Waals surface area (Å²) in [6, 6.07) is 4.64. The molecular formula is C14H17FN4. The Kier molecular flexibility index (Phi) is 2.98. The van der Waals surface area contributed by atoms with Gasteiger partial charge in [0.15, 0.2) is 0 Å². The highest BCUT2D eigenvalue weighted by Crippen LogP contribution is 2.28. The zero-order chi connectivity index (χ0) is 13.4. The van der Waals surface area contributed by atoms with Crippen molar-refractivity contribution in [3.05, 3.63) is 47.8 Å². The van der Waals surface area contributed by atoms with Gasteiger partial charge in [-0.05, 0) is 30.7 Å². The maximum Gasteiger partial charge on any atom is 0.128 e. The minimum atomic E-state index is -0.241. The number of nitrogens with two attached hydrogens (primary N) is 1. The minimum absolute atomic E-state index is 0.188. The molecule has 0 radical (unpaired) electrons. The number of benzene rings is 1. The summed E-state index contributed by atoms with van der Waals surface area (Å²) in [5.74, 6) is 0.792. The fourth-order valence-corrected chi connectivity index (χ4v) is 2.56. The van der Waals surface area contributed by atoms with Gasteiger partial charge in [0.2, 0.25) is 0 Å². The molecule has 0 saturated carbocycles. The second kappa shape index (κ2) is 4.66. The Morgan fingerprint density at radius 1 is 1.37 bits per heavy atom. The van der Waals surface area contributed by atoms with Crippen LogP contribution in [0.4, 0.5) is 10.1 Å². The van der Waals surface area contributed by atoms with Crippen LogP contribution >= 0.6 is 0 Å². The van der Waals surface area contributed by atoms with E-state index in [1.54, 1.807) is 0 Å². The van der Waals surface area contributed by atoms with Crippen molar-refractivity contribution in [1.29, 1.82) is 0 Å². The average Bonchev–Trinajstić information content (AvgIpc) is 2.85. The number of imidazole rings is 1. The Balaban J connectivity index is 1.95. The zero-order valence-electron chi connectivity index (χ0n) is 10.9. The molecule has 0 unspecified atom stereocenters. The van der Waals surface area contributed by atoms with E-state index in [0.29, 0.717) is 0 Å². The molecule has 0 aliphatic carbocycles. The van der Waals surface area contributed by atoms with Crippen LogP contribution in [0.3, 0.4) is 0 Å². The lowest BCUT2D eigenvalue weighted by atomic mass is 10.0. The first-order chi connectivity index (χ1) is 9.15. The summed E-state index contributed by atoms with van der Waals surface area (Å²) in [7, 11) is 0. The molecule has 1 atom stereocenters. The van der Waals surface area contributed by atoms with E-state index in [1.807, 2.05) is 25.4 Å². The number of hydrogen-bond acceptors (Lipinski definition) is 3. The third-order valence-electron chi connectivity index (χ3n) is 3.57. The van der Waals surface area contributed by atoms with Crippen LogP contribution in [-0.2, 0) is 13.1 Å². The number of anilines is 1. The molecule has 0 bridgehead atoms. The highest BCUT2D eigenvalue weighted by molar-refractivity contribution is 5.55. The Labute approximate surface area is 111 Å². The molecule has 100 valence electrons. The molecule has 2 heterocycles. The Morgan fingerprint density at radius 2 is 2.21 bits per heavy atom. The third kappa shape index (κ3) is 2.21. The van der Waals surface area contributed by atoms with E-state index in [4.69, 9.17) is 5.73 Å². The molecule has 1 aromatic heterocycles. The van der Waals surface area contributed by atoms with Gasteiger partial charge in [-0.15, -0.1) is 0 Å². The summed E-state index contributed by atoms with van der Waals surface area (Å²) < 4.78 is 15.5. The summed E-state index contributed by atoms with van der Waals surface area (Å²) in [5.41, 5.74) is 7.80. The van der Waals surface area contributed by atoms with Crippen LogP contribution < -0.4 is 10.6 Å². The fourth-order valence-electron chi connectivity index (χ4n) is 2.56. The highest BCUT2D eigenvalue weighted by atomic mass is 19.1. The second-order valence-corrected chi connectivity index (χ2v) is 4.95. The first-order valence-corrected chi connectivity index (χ1v) is 6.45. The number of fused-ring (bicyclic) bond motifs is 1. The monoisotopic (exact) mass is 260 g/mol. The van der Waals surface area contributed by atoms with Crippen LogP contribution in [0.1, 0.15) is 24.4 Å². The van der Waals surface area contributed by atoms with E-state index < -0.39 is 0 Å². The molecule has 0 spiro atoms. The predicted molar refractivity (Wildman–Crippen MR) is 72.3 cm³/mol. The number of aromatic nitrogens is 2. The van der Waals surface area contributed by atoms with Gasteiger partial charge >= 0.3 is 0 Å². The van der Waals surface area contributed by atoms with Crippen molar-refractivity contribution in [1.82, 2.24) is 9.55 Å². The van der Waals surface area contributed by atoms with Gasteiger partial charge in [-0.2, -0.15) is 0 Å². The molecule has 0 saturated heterocycles. The van der Waals surface area contributed by atoms with Gasteiger partial charge in [0.05, 0.1) is 6.54 Å². The van der Waals surface area contributed by atoms with Gasteiger partial charge in [-0.3, -0.25) is 0 Å². The van der Waals surface area contributed by atoms with Gasteiger partial charge in [-0.1, -0.05) is 0 Å².